The summed E-state index contributed by atoms with van der Waals surface area (Å²) in [6.45, 7) is 3.74. The molecule has 150 valence electrons. The molecule has 1 atom stereocenters. The summed E-state index contributed by atoms with van der Waals surface area (Å²) >= 11 is 1.95. The van der Waals surface area contributed by atoms with Crippen LogP contribution in [0.1, 0.15) is 23.8 Å². The summed E-state index contributed by atoms with van der Waals surface area (Å²) in [5, 5.41) is 5.22. The fraction of sp³-hybridized carbons (Fsp3) is 0.304. The van der Waals surface area contributed by atoms with E-state index in [2.05, 4.69) is 6.92 Å². The fourth-order valence-corrected chi connectivity index (χ4v) is 4.71. The maximum atomic E-state index is 13.2. The van der Waals surface area contributed by atoms with Gasteiger partial charge in [0.15, 0.2) is 5.69 Å². The van der Waals surface area contributed by atoms with Gasteiger partial charge in [0, 0.05) is 29.7 Å². The summed E-state index contributed by atoms with van der Waals surface area (Å²) in [5.41, 5.74) is 3.29. The van der Waals surface area contributed by atoms with Crippen molar-refractivity contribution in [2.75, 3.05) is 26.0 Å². The van der Waals surface area contributed by atoms with Gasteiger partial charge >= 0.3 is 0 Å². The van der Waals surface area contributed by atoms with E-state index in [0.717, 1.165) is 48.0 Å². The molecular formula is C23H25N3O2S. The van der Waals surface area contributed by atoms with Gasteiger partial charge in [0.05, 0.1) is 18.5 Å². The Balaban J connectivity index is 1.72. The zero-order valence-corrected chi connectivity index (χ0v) is 17.6. The topological polar surface area (TPSA) is 47.4 Å². The lowest BCUT2D eigenvalue weighted by Gasteiger charge is -2.31. The van der Waals surface area contributed by atoms with E-state index >= 15 is 0 Å². The van der Waals surface area contributed by atoms with E-state index in [1.54, 1.807) is 7.11 Å². The first kappa shape index (κ1) is 19.6. The van der Waals surface area contributed by atoms with Gasteiger partial charge in [0.2, 0.25) is 0 Å². The molecule has 5 nitrogen and oxygen atoms in total. The van der Waals surface area contributed by atoms with Crippen molar-refractivity contribution in [3.8, 4) is 22.7 Å². The first-order chi connectivity index (χ1) is 14.2. The van der Waals surface area contributed by atoms with Crippen LogP contribution in [-0.2, 0) is 0 Å². The summed E-state index contributed by atoms with van der Waals surface area (Å²) in [6, 6.07) is 19.7. The summed E-state index contributed by atoms with van der Waals surface area (Å²) in [7, 11) is 1.65. The quantitative estimate of drug-likeness (QED) is 0.624. The molecule has 2 heterocycles. The van der Waals surface area contributed by atoms with E-state index in [0.29, 0.717) is 10.9 Å². The van der Waals surface area contributed by atoms with Crippen molar-refractivity contribution in [3.05, 3.63) is 66.4 Å². The zero-order chi connectivity index (χ0) is 20.2. The van der Waals surface area contributed by atoms with Crippen LogP contribution in [0, 0.1) is 0 Å². The van der Waals surface area contributed by atoms with E-state index in [9.17, 15) is 4.79 Å². The molecule has 29 heavy (non-hydrogen) atoms. The Hall–Kier alpha value is -2.73. The Morgan fingerprint density at radius 2 is 1.93 bits per heavy atom. The standard InChI is InChI=1S/C23H25N3O2S/c1-3-20-16-25(13-14-29-20)23(27)21-15-22(17-9-11-19(28-2)12-10-17)26(24-21)18-7-5-4-6-8-18/h4-12,15,20H,3,13-14,16H2,1-2H3. The minimum atomic E-state index is 0.00759. The summed E-state index contributed by atoms with van der Waals surface area (Å²) in [5.74, 6) is 1.79. The number of aromatic nitrogens is 2. The average molecular weight is 408 g/mol. The highest BCUT2D eigenvalue weighted by Gasteiger charge is 2.26. The highest BCUT2D eigenvalue weighted by molar-refractivity contribution is 8.00. The third-order valence-electron chi connectivity index (χ3n) is 5.20. The minimum absolute atomic E-state index is 0.00759. The van der Waals surface area contributed by atoms with Gasteiger partial charge in [-0.05, 0) is 48.9 Å². The second-order valence-corrected chi connectivity index (χ2v) is 8.45. The van der Waals surface area contributed by atoms with Crippen molar-refractivity contribution in [1.29, 1.82) is 0 Å². The number of hydrogen-bond acceptors (Lipinski definition) is 4. The highest BCUT2D eigenvalue weighted by atomic mass is 32.2. The van der Waals surface area contributed by atoms with Crippen LogP contribution in [0.2, 0.25) is 0 Å². The van der Waals surface area contributed by atoms with Crippen LogP contribution >= 0.6 is 11.8 Å². The number of rotatable bonds is 5. The number of nitrogens with zero attached hydrogens (tertiary/aromatic N) is 3. The van der Waals surface area contributed by atoms with Crippen molar-refractivity contribution in [3.63, 3.8) is 0 Å². The first-order valence-corrected chi connectivity index (χ1v) is 10.9. The maximum Gasteiger partial charge on any atom is 0.274 e. The zero-order valence-electron chi connectivity index (χ0n) is 16.7. The Labute approximate surface area is 175 Å². The van der Waals surface area contributed by atoms with Gasteiger partial charge in [-0.2, -0.15) is 16.9 Å². The SMILES string of the molecule is CCC1CN(C(=O)c2cc(-c3ccc(OC)cc3)n(-c3ccccc3)n2)CCS1. The molecule has 3 aromatic rings. The number of hydrogen-bond donors (Lipinski definition) is 0. The predicted molar refractivity (Wildman–Crippen MR) is 118 cm³/mol. The number of carbonyl (C=O) groups excluding carboxylic acids is 1. The van der Waals surface area contributed by atoms with Crippen LogP contribution in [0.5, 0.6) is 5.75 Å². The molecule has 0 saturated carbocycles. The number of para-hydroxylation sites is 1. The van der Waals surface area contributed by atoms with Gasteiger partial charge in [0.1, 0.15) is 5.75 Å². The normalized spacial score (nSPS) is 16.6. The molecule has 0 bridgehead atoms. The van der Waals surface area contributed by atoms with Gasteiger partial charge in [-0.25, -0.2) is 4.68 Å². The molecule has 0 N–H and O–H groups in total. The van der Waals surface area contributed by atoms with Crippen LogP contribution in [0.4, 0.5) is 0 Å². The van der Waals surface area contributed by atoms with E-state index in [1.807, 2.05) is 82.0 Å². The summed E-state index contributed by atoms with van der Waals surface area (Å²) in [4.78, 5) is 15.2. The number of thioether (sulfide) groups is 1. The Morgan fingerprint density at radius 3 is 2.62 bits per heavy atom. The minimum Gasteiger partial charge on any atom is -0.497 e. The van der Waals surface area contributed by atoms with Crippen molar-refractivity contribution >= 4 is 17.7 Å². The van der Waals surface area contributed by atoms with Crippen molar-refractivity contribution in [2.45, 2.75) is 18.6 Å². The molecule has 0 aliphatic carbocycles. The van der Waals surface area contributed by atoms with Crippen LogP contribution < -0.4 is 4.74 Å². The molecule has 1 fully saturated rings. The number of benzene rings is 2. The molecule has 0 spiro atoms. The van der Waals surface area contributed by atoms with Crippen LogP contribution in [-0.4, -0.2) is 51.8 Å². The van der Waals surface area contributed by atoms with Crippen LogP contribution in [0.15, 0.2) is 60.7 Å². The fourth-order valence-electron chi connectivity index (χ4n) is 3.53. The molecule has 2 aromatic carbocycles. The van der Waals surface area contributed by atoms with Crippen molar-refractivity contribution in [1.82, 2.24) is 14.7 Å². The third-order valence-corrected chi connectivity index (χ3v) is 6.57. The summed E-state index contributed by atoms with van der Waals surface area (Å²) < 4.78 is 7.13. The van der Waals surface area contributed by atoms with Crippen molar-refractivity contribution < 1.29 is 9.53 Å². The Bertz CT molecular complexity index is 970. The monoisotopic (exact) mass is 407 g/mol. The predicted octanol–water partition coefficient (Wildman–Crippen LogP) is 4.52. The molecule has 1 aliphatic heterocycles. The van der Waals surface area contributed by atoms with Crippen LogP contribution in [0.25, 0.3) is 16.9 Å². The van der Waals surface area contributed by atoms with Gasteiger partial charge in [-0.1, -0.05) is 25.1 Å². The van der Waals surface area contributed by atoms with Gasteiger partial charge in [-0.3, -0.25) is 4.79 Å². The lowest BCUT2D eigenvalue weighted by molar-refractivity contribution is 0.0754. The molecule has 1 saturated heterocycles. The third kappa shape index (κ3) is 4.17. The maximum absolute atomic E-state index is 13.2. The number of carbonyl (C=O) groups is 1. The van der Waals surface area contributed by atoms with Gasteiger partial charge in [0.25, 0.3) is 5.91 Å². The molecule has 6 heteroatoms. The lowest BCUT2D eigenvalue weighted by Crippen LogP contribution is -2.41. The van der Waals surface area contributed by atoms with Crippen LogP contribution in [0.3, 0.4) is 0 Å². The molecule has 1 amide bonds. The second kappa shape index (κ2) is 8.74. The number of amides is 1. The molecule has 1 aromatic heterocycles. The Kier molecular flexibility index (Phi) is 5.90. The molecule has 0 radical (unpaired) electrons. The highest BCUT2D eigenvalue weighted by Crippen LogP contribution is 2.28. The second-order valence-electron chi connectivity index (χ2n) is 7.04. The molecule has 1 unspecified atom stereocenters. The van der Waals surface area contributed by atoms with Gasteiger partial charge < -0.3 is 9.64 Å². The number of ether oxygens (including phenoxy) is 1. The Morgan fingerprint density at radius 1 is 1.17 bits per heavy atom. The smallest absolute Gasteiger partial charge is 0.274 e. The van der Waals surface area contributed by atoms with E-state index < -0.39 is 0 Å². The summed E-state index contributed by atoms with van der Waals surface area (Å²) in [6.07, 6.45) is 1.07. The lowest BCUT2D eigenvalue weighted by atomic mass is 10.1. The van der Waals surface area contributed by atoms with E-state index in [4.69, 9.17) is 9.84 Å². The largest absolute Gasteiger partial charge is 0.497 e. The van der Waals surface area contributed by atoms with E-state index in [1.165, 1.54) is 0 Å². The van der Waals surface area contributed by atoms with Gasteiger partial charge in [-0.15, -0.1) is 0 Å². The average Bonchev–Trinajstić information content (AvgIpc) is 3.24. The number of methoxy groups -OCH3 is 1. The van der Waals surface area contributed by atoms with Crippen molar-refractivity contribution in [2.24, 2.45) is 0 Å². The molecular weight excluding hydrogens is 382 g/mol. The molecule has 4 rings (SSSR count). The van der Waals surface area contributed by atoms with E-state index in [-0.39, 0.29) is 5.91 Å². The molecule has 1 aliphatic rings. The first-order valence-electron chi connectivity index (χ1n) is 9.90.